The highest BCUT2D eigenvalue weighted by Crippen LogP contribution is 2.47. The van der Waals surface area contributed by atoms with E-state index in [2.05, 4.69) is 10.2 Å². The van der Waals surface area contributed by atoms with E-state index in [1.54, 1.807) is 0 Å². The van der Waals surface area contributed by atoms with Gasteiger partial charge in [0.15, 0.2) is 0 Å². The average Bonchev–Trinajstić information content (AvgIpc) is 3.19. The van der Waals surface area contributed by atoms with Crippen LogP contribution >= 0.6 is 0 Å². The van der Waals surface area contributed by atoms with Gasteiger partial charge < -0.3 is 15.0 Å². The Morgan fingerprint density at radius 1 is 1.25 bits per heavy atom. The molecule has 4 heteroatoms. The lowest BCUT2D eigenvalue weighted by Crippen LogP contribution is -2.49. The number of nitrogens with zero attached hydrogens (tertiary/aromatic N) is 1. The van der Waals surface area contributed by atoms with E-state index in [1.165, 1.54) is 19.3 Å². The zero-order valence-electron chi connectivity index (χ0n) is 12.3. The number of rotatable bonds is 1. The van der Waals surface area contributed by atoms with Crippen molar-refractivity contribution in [2.75, 3.05) is 39.4 Å². The van der Waals surface area contributed by atoms with Gasteiger partial charge in [-0.1, -0.05) is 12.8 Å². The summed E-state index contributed by atoms with van der Waals surface area (Å²) in [6.45, 7) is 5.62. The Kier molecular flexibility index (Phi) is 3.08. The minimum atomic E-state index is -0.0662. The molecule has 0 aromatic carbocycles. The number of fused-ring (bicyclic) bond motifs is 1. The van der Waals surface area contributed by atoms with Crippen LogP contribution in [-0.4, -0.2) is 50.2 Å². The third-order valence-electron chi connectivity index (χ3n) is 6.37. The highest BCUT2D eigenvalue weighted by Gasteiger charge is 2.53. The molecule has 1 amide bonds. The van der Waals surface area contributed by atoms with Crippen molar-refractivity contribution in [3.8, 4) is 0 Å². The van der Waals surface area contributed by atoms with Gasteiger partial charge >= 0.3 is 0 Å². The molecule has 4 rings (SSSR count). The van der Waals surface area contributed by atoms with Gasteiger partial charge in [-0.25, -0.2) is 0 Å². The maximum Gasteiger partial charge on any atom is 0.230 e. The number of ether oxygens (including phenoxy) is 1. The first-order valence-corrected chi connectivity index (χ1v) is 8.32. The van der Waals surface area contributed by atoms with E-state index < -0.39 is 0 Å². The molecular weight excluding hydrogens is 252 g/mol. The Balaban J connectivity index is 1.52. The molecule has 1 spiro atoms. The Morgan fingerprint density at radius 2 is 2.20 bits per heavy atom. The van der Waals surface area contributed by atoms with Crippen molar-refractivity contribution >= 4 is 5.91 Å². The topological polar surface area (TPSA) is 41.6 Å². The summed E-state index contributed by atoms with van der Waals surface area (Å²) < 4.78 is 5.59. The lowest BCUT2D eigenvalue weighted by molar-refractivity contribution is -0.144. The number of amides is 1. The second-order valence-electron chi connectivity index (χ2n) is 7.51. The minimum absolute atomic E-state index is 0.0662. The number of hydrogen-bond donors (Lipinski definition) is 1. The first kappa shape index (κ1) is 13.1. The molecule has 0 aromatic heterocycles. The predicted molar refractivity (Wildman–Crippen MR) is 76.3 cm³/mol. The maximum absolute atomic E-state index is 13.2. The van der Waals surface area contributed by atoms with Gasteiger partial charge in [-0.2, -0.15) is 0 Å². The summed E-state index contributed by atoms with van der Waals surface area (Å²) in [5.41, 5.74) is 0.228. The molecule has 3 heterocycles. The quantitative estimate of drug-likeness (QED) is 0.788. The Labute approximate surface area is 121 Å². The standard InChI is InChI=1S/C16H26N2O2/c19-14(16-4-2-1-3-13(16)9-17-10-16)18-7-5-15(11-18)6-8-20-12-15/h13,17H,1-12H2/t13-,15?,16+/m0/s1. The zero-order valence-corrected chi connectivity index (χ0v) is 12.3. The van der Waals surface area contributed by atoms with Crippen LogP contribution in [0.4, 0.5) is 0 Å². The molecule has 112 valence electrons. The molecule has 1 unspecified atom stereocenters. The van der Waals surface area contributed by atoms with Gasteiger partial charge in [0.1, 0.15) is 0 Å². The van der Waals surface area contributed by atoms with Crippen LogP contribution < -0.4 is 5.32 Å². The minimum Gasteiger partial charge on any atom is -0.381 e. The van der Waals surface area contributed by atoms with Crippen molar-refractivity contribution in [1.29, 1.82) is 0 Å². The van der Waals surface area contributed by atoms with Gasteiger partial charge in [0.25, 0.3) is 0 Å². The fourth-order valence-corrected chi connectivity index (χ4v) is 5.06. The van der Waals surface area contributed by atoms with Crippen LogP contribution in [0.2, 0.25) is 0 Å². The first-order valence-electron chi connectivity index (χ1n) is 8.32. The summed E-state index contributed by atoms with van der Waals surface area (Å²) in [6.07, 6.45) is 7.16. The number of likely N-dealkylation sites (tertiary alicyclic amines) is 1. The molecule has 0 bridgehead atoms. The van der Waals surface area contributed by atoms with Gasteiger partial charge in [-0.3, -0.25) is 4.79 Å². The van der Waals surface area contributed by atoms with Crippen molar-refractivity contribution in [1.82, 2.24) is 10.2 Å². The third kappa shape index (κ3) is 1.84. The summed E-state index contributed by atoms with van der Waals surface area (Å²) in [7, 11) is 0. The van der Waals surface area contributed by atoms with E-state index in [1.807, 2.05) is 0 Å². The molecule has 4 fully saturated rings. The molecule has 1 aliphatic carbocycles. The second-order valence-corrected chi connectivity index (χ2v) is 7.51. The monoisotopic (exact) mass is 278 g/mol. The third-order valence-corrected chi connectivity index (χ3v) is 6.37. The van der Waals surface area contributed by atoms with Gasteiger partial charge in [-0.05, 0) is 38.1 Å². The number of carbonyl (C=O) groups excluding carboxylic acids is 1. The zero-order chi connectivity index (χ0) is 13.6. The van der Waals surface area contributed by atoms with Crippen molar-refractivity contribution in [3.05, 3.63) is 0 Å². The molecule has 4 aliphatic rings. The second kappa shape index (κ2) is 4.70. The molecule has 0 aromatic rings. The Bertz CT molecular complexity index is 405. The molecule has 4 nitrogen and oxygen atoms in total. The average molecular weight is 278 g/mol. The van der Waals surface area contributed by atoms with Crippen molar-refractivity contribution in [2.45, 2.75) is 38.5 Å². The van der Waals surface area contributed by atoms with Crippen LogP contribution in [0.3, 0.4) is 0 Å². The van der Waals surface area contributed by atoms with Crippen LogP contribution in [0.25, 0.3) is 0 Å². The molecule has 3 saturated heterocycles. The molecule has 1 N–H and O–H groups in total. The summed E-state index contributed by atoms with van der Waals surface area (Å²) in [5.74, 6) is 1.04. The predicted octanol–water partition coefficient (Wildman–Crippen LogP) is 1.41. The Morgan fingerprint density at radius 3 is 3.05 bits per heavy atom. The summed E-state index contributed by atoms with van der Waals surface area (Å²) in [4.78, 5) is 15.4. The van der Waals surface area contributed by atoms with Crippen LogP contribution in [0.1, 0.15) is 38.5 Å². The molecule has 1 saturated carbocycles. The fourth-order valence-electron chi connectivity index (χ4n) is 5.06. The summed E-state index contributed by atoms with van der Waals surface area (Å²) in [6, 6.07) is 0. The van der Waals surface area contributed by atoms with E-state index >= 15 is 0 Å². The van der Waals surface area contributed by atoms with Crippen molar-refractivity contribution in [2.24, 2.45) is 16.7 Å². The Hall–Kier alpha value is -0.610. The van der Waals surface area contributed by atoms with Crippen LogP contribution in [-0.2, 0) is 9.53 Å². The van der Waals surface area contributed by atoms with Gasteiger partial charge in [0, 0.05) is 31.7 Å². The molecule has 3 aliphatic heterocycles. The van der Waals surface area contributed by atoms with Crippen LogP contribution in [0, 0.1) is 16.7 Å². The van der Waals surface area contributed by atoms with Gasteiger partial charge in [0.05, 0.1) is 12.0 Å². The first-order chi connectivity index (χ1) is 9.74. The highest BCUT2D eigenvalue weighted by atomic mass is 16.5. The normalized spacial score (nSPS) is 44.2. The van der Waals surface area contributed by atoms with E-state index in [4.69, 9.17) is 4.74 Å². The number of carbonyl (C=O) groups is 1. The molecular formula is C16H26N2O2. The van der Waals surface area contributed by atoms with Crippen LogP contribution in [0.15, 0.2) is 0 Å². The SMILES string of the molecule is O=C(N1CCC2(CCOC2)C1)[C@@]12CCCC[C@H]1CNC2. The number of nitrogens with one attached hydrogen (secondary N) is 1. The molecule has 3 atom stereocenters. The number of hydrogen-bond acceptors (Lipinski definition) is 3. The van der Waals surface area contributed by atoms with E-state index in [9.17, 15) is 4.79 Å². The van der Waals surface area contributed by atoms with Crippen molar-refractivity contribution in [3.63, 3.8) is 0 Å². The van der Waals surface area contributed by atoms with Gasteiger partial charge in [-0.15, -0.1) is 0 Å². The van der Waals surface area contributed by atoms with E-state index in [0.717, 1.165) is 58.7 Å². The molecule has 0 radical (unpaired) electrons. The maximum atomic E-state index is 13.2. The highest BCUT2D eigenvalue weighted by molar-refractivity contribution is 5.84. The molecule has 20 heavy (non-hydrogen) atoms. The lowest BCUT2D eigenvalue weighted by atomic mass is 9.67. The van der Waals surface area contributed by atoms with Crippen molar-refractivity contribution < 1.29 is 9.53 Å². The summed E-state index contributed by atoms with van der Waals surface area (Å²) >= 11 is 0. The lowest BCUT2D eigenvalue weighted by Gasteiger charge is -2.40. The largest absolute Gasteiger partial charge is 0.381 e. The van der Waals surface area contributed by atoms with E-state index in [0.29, 0.717) is 17.2 Å². The van der Waals surface area contributed by atoms with Crippen LogP contribution in [0.5, 0.6) is 0 Å². The summed E-state index contributed by atoms with van der Waals surface area (Å²) in [5, 5.41) is 3.50. The van der Waals surface area contributed by atoms with E-state index in [-0.39, 0.29) is 5.41 Å². The van der Waals surface area contributed by atoms with Gasteiger partial charge in [0.2, 0.25) is 5.91 Å². The fraction of sp³-hybridized carbons (Fsp3) is 0.938. The smallest absolute Gasteiger partial charge is 0.230 e.